The van der Waals surface area contributed by atoms with Crippen LogP contribution in [-0.2, 0) is 5.75 Å². The molecule has 106 valence electrons. The molecule has 0 saturated heterocycles. The molecule has 0 spiro atoms. The highest BCUT2D eigenvalue weighted by Crippen LogP contribution is 2.26. The van der Waals surface area contributed by atoms with Gasteiger partial charge in [0.25, 0.3) is 0 Å². The number of Topliss-reactive ketones (excluding diaryl/α,β-unsaturated/α-hetero) is 1. The van der Waals surface area contributed by atoms with Crippen molar-refractivity contribution in [2.45, 2.75) is 17.7 Å². The number of ketones is 1. The highest BCUT2D eigenvalue weighted by atomic mass is 35.5. The van der Waals surface area contributed by atoms with Crippen molar-refractivity contribution in [1.82, 2.24) is 15.4 Å². The van der Waals surface area contributed by atoms with Gasteiger partial charge in [-0.25, -0.2) is 0 Å². The van der Waals surface area contributed by atoms with Gasteiger partial charge in [0, 0.05) is 17.7 Å². The lowest BCUT2D eigenvalue weighted by Crippen LogP contribution is -1.94. The lowest BCUT2D eigenvalue weighted by Gasteiger charge is -2.03. The summed E-state index contributed by atoms with van der Waals surface area (Å²) in [7, 11) is 0. The minimum Gasteiger partial charge on any atom is -0.293 e. The van der Waals surface area contributed by atoms with Crippen LogP contribution in [0.3, 0.4) is 0 Å². The summed E-state index contributed by atoms with van der Waals surface area (Å²) < 4.78 is 0. The summed E-state index contributed by atoms with van der Waals surface area (Å²) in [6, 6.07) is 12.0. The largest absolute Gasteiger partial charge is 0.293 e. The summed E-state index contributed by atoms with van der Waals surface area (Å²) in [6.45, 7) is 1.49. The van der Waals surface area contributed by atoms with E-state index < -0.39 is 0 Å². The van der Waals surface area contributed by atoms with Crippen LogP contribution < -0.4 is 0 Å². The van der Waals surface area contributed by atoms with Gasteiger partial charge in [0.15, 0.2) is 11.5 Å². The summed E-state index contributed by atoms with van der Waals surface area (Å²) in [5.41, 5.74) is 1.56. The van der Waals surface area contributed by atoms with Crippen molar-refractivity contribution in [3.05, 3.63) is 52.7 Å². The Labute approximate surface area is 130 Å². The van der Waals surface area contributed by atoms with Crippen LogP contribution >= 0.6 is 23.4 Å². The first-order valence-corrected chi connectivity index (χ1v) is 7.72. The number of hydrogen-bond donors (Lipinski definition) is 1. The number of aromatic nitrogens is 3. The number of carbonyl (C=O) groups excluding carboxylic acids is 1. The first-order chi connectivity index (χ1) is 10.1. The van der Waals surface area contributed by atoms with Crippen LogP contribution in [0.1, 0.15) is 23.0 Å². The van der Waals surface area contributed by atoms with Gasteiger partial charge in [0.2, 0.25) is 0 Å². The van der Waals surface area contributed by atoms with E-state index in [0.29, 0.717) is 10.7 Å². The second-order valence-corrected chi connectivity index (χ2v) is 6.05. The third kappa shape index (κ3) is 3.09. The van der Waals surface area contributed by atoms with Crippen LogP contribution in [0.5, 0.6) is 0 Å². The van der Waals surface area contributed by atoms with Gasteiger partial charge in [-0.3, -0.25) is 4.79 Å². The first kappa shape index (κ1) is 14.1. The number of carbonyl (C=O) groups is 1. The molecule has 4 nitrogen and oxygen atoms in total. The maximum absolute atomic E-state index is 11.4. The predicted octanol–water partition coefficient (Wildman–Crippen LogP) is 4.11. The topological polar surface area (TPSA) is 58.6 Å². The molecular weight excluding hydrogens is 306 g/mol. The molecule has 1 N–H and O–H groups in total. The van der Waals surface area contributed by atoms with Crippen LogP contribution in [0.25, 0.3) is 10.8 Å². The van der Waals surface area contributed by atoms with Gasteiger partial charge in [-0.05, 0) is 28.5 Å². The molecule has 0 aliphatic heterocycles. The first-order valence-electron chi connectivity index (χ1n) is 6.36. The van der Waals surface area contributed by atoms with E-state index in [1.54, 1.807) is 0 Å². The molecule has 0 unspecified atom stereocenters. The highest BCUT2D eigenvalue weighted by Gasteiger charge is 2.12. The minimum absolute atomic E-state index is 0.0839. The maximum Gasteiger partial charge on any atom is 0.182 e. The van der Waals surface area contributed by atoms with E-state index in [2.05, 4.69) is 27.5 Å². The van der Waals surface area contributed by atoms with Crippen LogP contribution in [0.4, 0.5) is 0 Å². The van der Waals surface area contributed by atoms with Crippen molar-refractivity contribution in [1.29, 1.82) is 0 Å². The number of nitrogens with one attached hydrogen (secondary N) is 1. The van der Waals surface area contributed by atoms with Crippen molar-refractivity contribution in [3.8, 4) is 0 Å². The number of benzene rings is 2. The van der Waals surface area contributed by atoms with E-state index in [9.17, 15) is 4.79 Å². The quantitative estimate of drug-likeness (QED) is 0.581. The van der Waals surface area contributed by atoms with Gasteiger partial charge in [-0.15, -0.1) is 5.10 Å². The molecule has 0 fully saturated rings. The summed E-state index contributed by atoms with van der Waals surface area (Å²) in [6.07, 6.45) is 0. The Kier molecular flexibility index (Phi) is 3.94. The Bertz CT molecular complexity index is 816. The summed E-state index contributed by atoms with van der Waals surface area (Å²) in [5, 5.41) is 14.0. The Morgan fingerprint density at radius 2 is 1.95 bits per heavy atom. The number of rotatable bonds is 4. The fraction of sp³-hybridized carbons (Fsp3) is 0.133. The Morgan fingerprint density at radius 1 is 1.19 bits per heavy atom. The van der Waals surface area contributed by atoms with E-state index in [1.165, 1.54) is 18.7 Å². The number of fused-ring (bicyclic) bond motifs is 1. The molecule has 6 heteroatoms. The van der Waals surface area contributed by atoms with Crippen LogP contribution in [-0.4, -0.2) is 21.2 Å². The molecule has 0 radical (unpaired) electrons. The Balaban J connectivity index is 1.80. The average molecular weight is 318 g/mol. The molecule has 2 aromatic carbocycles. The smallest absolute Gasteiger partial charge is 0.182 e. The number of hydrogen-bond acceptors (Lipinski definition) is 4. The summed E-state index contributed by atoms with van der Waals surface area (Å²) >= 11 is 7.47. The van der Waals surface area contributed by atoms with Gasteiger partial charge in [0.1, 0.15) is 5.03 Å². The average Bonchev–Trinajstić information content (AvgIpc) is 2.93. The number of nitrogens with zero attached hydrogens (tertiary/aromatic N) is 2. The standard InChI is InChI=1S/C15H12ClN3OS/c1-9(20)14-15(18-19-17-14)21-8-10-2-3-12-7-13(16)5-4-11(12)6-10/h2-7H,8H2,1H3,(H,17,18,19). The van der Waals surface area contributed by atoms with Crippen LogP contribution in [0.15, 0.2) is 41.4 Å². The highest BCUT2D eigenvalue weighted by molar-refractivity contribution is 7.98. The lowest BCUT2D eigenvalue weighted by molar-refractivity contribution is 0.101. The summed E-state index contributed by atoms with van der Waals surface area (Å²) in [4.78, 5) is 11.4. The number of thioether (sulfide) groups is 1. The Morgan fingerprint density at radius 3 is 2.76 bits per heavy atom. The molecule has 21 heavy (non-hydrogen) atoms. The molecule has 0 saturated carbocycles. The molecular formula is C15H12ClN3OS. The van der Waals surface area contributed by atoms with Gasteiger partial charge in [-0.1, -0.05) is 47.6 Å². The zero-order valence-corrected chi connectivity index (χ0v) is 12.8. The summed E-state index contributed by atoms with van der Waals surface area (Å²) in [5.74, 6) is 0.644. The van der Waals surface area contributed by atoms with E-state index in [-0.39, 0.29) is 5.78 Å². The van der Waals surface area contributed by atoms with E-state index >= 15 is 0 Å². The van der Waals surface area contributed by atoms with Crippen molar-refractivity contribution < 1.29 is 4.79 Å². The molecule has 0 aliphatic rings. The van der Waals surface area contributed by atoms with Crippen LogP contribution in [0.2, 0.25) is 5.02 Å². The molecule has 0 aliphatic carbocycles. The number of aromatic amines is 1. The van der Waals surface area contributed by atoms with E-state index in [4.69, 9.17) is 11.6 Å². The molecule has 0 bridgehead atoms. The van der Waals surface area contributed by atoms with Gasteiger partial charge in [0.05, 0.1) is 0 Å². The molecule has 0 amide bonds. The van der Waals surface area contributed by atoms with E-state index in [1.807, 2.05) is 24.3 Å². The Hall–Kier alpha value is -1.85. The fourth-order valence-corrected chi connectivity index (χ4v) is 3.15. The molecule has 3 rings (SSSR count). The zero-order chi connectivity index (χ0) is 14.8. The minimum atomic E-state index is -0.0839. The second kappa shape index (κ2) is 5.87. The van der Waals surface area contributed by atoms with Crippen molar-refractivity contribution in [3.63, 3.8) is 0 Å². The lowest BCUT2D eigenvalue weighted by atomic mass is 10.1. The van der Waals surface area contributed by atoms with Crippen LogP contribution in [0, 0.1) is 0 Å². The SMILES string of the molecule is CC(=O)c1n[nH]nc1SCc1ccc2cc(Cl)ccc2c1. The second-order valence-electron chi connectivity index (χ2n) is 4.65. The number of halogens is 1. The van der Waals surface area contributed by atoms with Gasteiger partial charge < -0.3 is 0 Å². The monoisotopic (exact) mass is 317 g/mol. The van der Waals surface area contributed by atoms with E-state index in [0.717, 1.165) is 27.1 Å². The zero-order valence-electron chi connectivity index (χ0n) is 11.3. The molecule has 1 heterocycles. The third-order valence-corrected chi connectivity index (χ3v) is 4.36. The normalized spacial score (nSPS) is 11.0. The van der Waals surface area contributed by atoms with Crippen molar-refractivity contribution in [2.24, 2.45) is 0 Å². The third-order valence-electron chi connectivity index (χ3n) is 3.09. The van der Waals surface area contributed by atoms with Crippen molar-refractivity contribution >= 4 is 39.9 Å². The fourth-order valence-electron chi connectivity index (χ4n) is 2.06. The number of H-pyrrole nitrogens is 1. The maximum atomic E-state index is 11.4. The van der Waals surface area contributed by atoms with Gasteiger partial charge in [-0.2, -0.15) is 10.3 Å². The van der Waals surface area contributed by atoms with Crippen molar-refractivity contribution in [2.75, 3.05) is 0 Å². The predicted molar refractivity (Wildman–Crippen MR) is 84.9 cm³/mol. The molecule has 0 atom stereocenters. The van der Waals surface area contributed by atoms with Gasteiger partial charge >= 0.3 is 0 Å². The molecule has 1 aromatic heterocycles. The molecule has 3 aromatic rings.